The first-order valence-electron chi connectivity index (χ1n) is 6.86. The highest BCUT2D eigenvalue weighted by Crippen LogP contribution is 2.11. The Morgan fingerprint density at radius 1 is 1.52 bits per heavy atom. The zero-order chi connectivity index (χ0) is 15.4. The second-order valence-corrected chi connectivity index (χ2v) is 5.28. The molecule has 2 heterocycles. The Bertz CT molecular complexity index is 480. The minimum absolute atomic E-state index is 0.0598. The molecule has 8 nitrogen and oxygen atoms in total. The molecule has 1 aromatic rings. The highest BCUT2D eigenvalue weighted by molar-refractivity contribution is 5.82. The predicted octanol–water partition coefficient (Wildman–Crippen LogP) is 0.224. The molecule has 8 heteroatoms. The molecule has 1 saturated heterocycles. The summed E-state index contributed by atoms with van der Waals surface area (Å²) in [5.41, 5.74) is 0.659. The van der Waals surface area contributed by atoms with Crippen molar-refractivity contribution in [3.63, 3.8) is 0 Å². The number of aliphatic carboxylic acids is 1. The average molecular weight is 296 g/mol. The molecule has 21 heavy (non-hydrogen) atoms. The third-order valence-corrected chi connectivity index (χ3v) is 3.28. The maximum Gasteiger partial charge on any atom is 0.326 e. The highest BCUT2D eigenvalue weighted by Gasteiger charge is 2.29. The number of amides is 2. The number of carboxylic acid groups (broad SMARTS) is 1. The highest BCUT2D eigenvalue weighted by atomic mass is 16.5. The molecule has 1 aliphatic rings. The minimum Gasteiger partial charge on any atom is -0.480 e. The SMILES string of the molecule is C[C@@H]1CN(C(=O)N[C@@H](Cc2cnc[nH]2)C(=O)O)C[C@H](C)O1. The summed E-state index contributed by atoms with van der Waals surface area (Å²) in [7, 11) is 0. The average Bonchev–Trinajstić information content (AvgIpc) is 2.89. The summed E-state index contributed by atoms with van der Waals surface area (Å²) in [6, 6.07) is -1.38. The second-order valence-electron chi connectivity index (χ2n) is 5.28. The van der Waals surface area contributed by atoms with E-state index in [0.717, 1.165) is 0 Å². The number of carbonyl (C=O) groups excluding carboxylic acids is 1. The van der Waals surface area contributed by atoms with Crippen molar-refractivity contribution >= 4 is 12.0 Å². The van der Waals surface area contributed by atoms with Gasteiger partial charge in [0.15, 0.2) is 0 Å². The van der Waals surface area contributed by atoms with Gasteiger partial charge in [-0.25, -0.2) is 14.6 Å². The van der Waals surface area contributed by atoms with Gasteiger partial charge in [0, 0.05) is 31.4 Å². The van der Waals surface area contributed by atoms with Gasteiger partial charge in [0.05, 0.1) is 18.5 Å². The Morgan fingerprint density at radius 2 is 2.19 bits per heavy atom. The van der Waals surface area contributed by atoms with Crippen LogP contribution in [-0.2, 0) is 16.0 Å². The molecular formula is C13H20N4O4. The van der Waals surface area contributed by atoms with E-state index in [9.17, 15) is 14.7 Å². The van der Waals surface area contributed by atoms with Crippen LogP contribution in [0.25, 0.3) is 0 Å². The van der Waals surface area contributed by atoms with Gasteiger partial charge in [0.1, 0.15) is 6.04 Å². The Balaban J connectivity index is 1.96. The molecule has 1 aromatic heterocycles. The van der Waals surface area contributed by atoms with E-state index in [4.69, 9.17) is 4.74 Å². The van der Waals surface area contributed by atoms with Crippen molar-refractivity contribution < 1.29 is 19.4 Å². The molecule has 3 N–H and O–H groups in total. The number of hydrogen-bond donors (Lipinski definition) is 3. The van der Waals surface area contributed by atoms with E-state index in [1.54, 1.807) is 11.1 Å². The number of carboxylic acids is 1. The lowest BCUT2D eigenvalue weighted by Gasteiger charge is -2.35. The van der Waals surface area contributed by atoms with E-state index in [2.05, 4.69) is 15.3 Å². The maximum absolute atomic E-state index is 12.2. The Hall–Kier alpha value is -2.09. The van der Waals surface area contributed by atoms with Crippen LogP contribution in [0.5, 0.6) is 0 Å². The number of rotatable bonds is 4. The van der Waals surface area contributed by atoms with Crippen LogP contribution < -0.4 is 5.32 Å². The quantitative estimate of drug-likeness (QED) is 0.737. The summed E-state index contributed by atoms with van der Waals surface area (Å²) in [5.74, 6) is -1.08. The summed E-state index contributed by atoms with van der Waals surface area (Å²) in [5, 5.41) is 11.8. The van der Waals surface area contributed by atoms with Gasteiger partial charge in [0.25, 0.3) is 0 Å². The van der Waals surface area contributed by atoms with E-state index in [1.165, 1.54) is 6.33 Å². The van der Waals surface area contributed by atoms with Crippen LogP contribution in [0, 0.1) is 0 Å². The number of ether oxygens (including phenoxy) is 1. The van der Waals surface area contributed by atoms with Crippen molar-refractivity contribution in [1.82, 2.24) is 20.2 Å². The number of hydrogen-bond acceptors (Lipinski definition) is 4. The Morgan fingerprint density at radius 3 is 2.71 bits per heavy atom. The van der Waals surface area contributed by atoms with Crippen LogP contribution in [0.2, 0.25) is 0 Å². The molecule has 0 bridgehead atoms. The van der Waals surface area contributed by atoms with Crippen LogP contribution >= 0.6 is 0 Å². The molecule has 0 saturated carbocycles. The monoisotopic (exact) mass is 296 g/mol. The first-order chi connectivity index (χ1) is 9.95. The van der Waals surface area contributed by atoms with Crippen molar-refractivity contribution in [2.24, 2.45) is 0 Å². The van der Waals surface area contributed by atoms with Crippen LogP contribution in [0.15, 0.2) is 12.5 Å². The van der Waals surface area contributed by atoms with Gasteiger partial charge < -0.3 is 25.0 Å². The summed E-state index contributed by atoms with van der Waals surface area (Å²) >= 11 is 0. The van der Waals surface area contributed by atoms with Crippen molar-refractivity contribution in [3.8, 4) is 0 Å². The summed E-state index contributed by atoms with van der Waals surface area (Å²) in [6.45, 7) is 4.67. The van der Waals surface area contributed by atoms with E-state index in [-0.39, 0.29) is 24.7 Å². The van der Waals surface area contributed by atoms with Gasteiger partial charge in [-0.1, -0.05) is 0 Å². The number of carbonyl (C=O) groups is 2. The molecule has 0 radical (unpaired) electrons. The Labute approximate surface area is 122 Å². The lowest BCUT2D eigenvalue weighted by atomic mass is 10.1. The Kier molecular flexibility index (Phi) is 4.79. The maximum atomic E-state index is 12.2. The molecular weight excluding hydrogens is 276 g/mol. The van der Waals surface area contributed by atoms with Crippen LogP contribution in [-0.4, -0.2) is 63.3 Å². The van der Waals surface area contributed by atoms with E-state index in [0.29, 0.717) is 18.8 Å². The summed E-state index contributed by atoms with van der Waals surface area (Å²) in [6.07, 6.45) is 3.06. The van der Waals surface area contributed by atoms with Crippen molar-refractivity contribution in [2.45, 2.75) is 38.5 Å². The van der Waals surface area contributed by atoms with Gasteiger partial charge in [0.2, 0.25) is 0 Å². The van der Waals surface area contributed by atoms with Crippen molar-refractivity contribution in [2.75, 3.05) is 13.1 Å². The number of H-pyrrole nitrogens is 1. The number of nitrogens with one attached hydrogen (secondary N) is 2. The van der Waals surface area contributed by atoms with E-state index < -0.39 is 12.0 Å². The number of imidazole rings is 1. The lowest BCUT2D eigenvalue weighted by molar-refractivity contribution is -0.139. The molecule has 2 rings (SSSR count). The fourth-order valence-electron chi connectivity index (χ4n) is 2.40. The van der Waals surface area contributed by atoms with Crippen molar-refractivity contribution in [1.29, 1.82) is 0 Å². The zero-order valence-electron chi connectivity index (χ0n) is 12.1. The van der Waals surface area contributed by atoms with Gasteiger partial charge >= 0.3 is 12.0 Å². The number of aromatic nitrogens is 2. The zero-order valence-corrected chi connectivity index (χ0v) is 12.1. The first kappa shape index (κ1) is 15.3. The number of aromatic amines is 1. The molecule has 2 amide bonds. The predicted molar refractivity (Wildman–Crippen MR) is 73.8 cm³/mol. The third-order valence-electron chi connectivity index (χ3n) is 3.28. The fourth-order valence-corrected chi connectivity index (χ4v) is 2.40. The molecule has 1 fully saturated rings. The lowest BCUT2D eigenvalue weighted by Crippen LogP contribution is -2.55. The fraction of sp³-hybridized carbons (Fsp3) is 0.615. The van der Waals surface area contributed by atoms with E-state index >= 15 is 0 Å². The third kappa shape index (κ3) is 4.19. The topological polar surface area (TPSA) is 108 Å². The summed E-state index contributed by atoms with van der Waals surface area (Å²) < 4.78 is 5.55. The van der Waals surface area contributed by atoms with Gasteiger partial charge in [-0.2, -0.15) is 0 Å². The molecule has 0 unspecified atom stereocenters. The van der Waals surface area contributed by atoms with Gasteiger partial charge in [-0.15, -0.1) is 0 Å². The second kappa shape index (κ2) is 6.57. The van der Waals surface area contributed by atoms with Crippen LogP contribution in [0.1, 0.15) is 19.5 Å². The molecule has 0 aliphatic carbocycles. The van der Waals surface area contributed by atoms with Crippen molar-refractivity contribution in [3.05, 3.63) is 18.2 Å². The largest absolute Gasteiger partial charge is 0.480 e. The minimum atomic E-state index is -1.08. The molecule has 0 aromatic carbocycles. The standard InChI is InChI=1S/C13H20N4O4/c1-8-5-17(6-9(2)21-8)13(20)16-11(12(18)19)3-10-4-14-7-15-10/h4,7-9,11H,3,5-6H2,1-2H3,(H,14,15)(H,16,20)(H,18,19)/t8-,9+,11-/m0/s1. The van der Waals surface area contributed by atoms with Gasteiger partial charge in [-0.3, -0.25) is 0 Å². The summed E-state index contributed by atoms with van der Waals surface area (Å²) in [4.78, 5) is 31.7. The number of morpholine rings is 1. The molecule has 0 spiro atoms. The number of nitrogens with zero attached hydrogens (tertiary/aromatic N) is 2. The number of urea groups is 1. The molecule has 3 atom stereocenters. The molecule has 116 valence electrons. The molecule has 1 aliphatic heterocycles. The van der Waals surface area contributed by atoms with E-state index in [1.807, 2.05) is 13.8 Å². The van der Waals surface area contributed by atoms with Crippen LogP contribution in [0.3, 0.4) is 0 Å². The van der Waals surface area contributed by atoms with Crippen LogP contribution in [0.4, 0.5) is 4.79 Å². The first-order valence-corrected chi connectivity index (χ1v) is 6.86. The smallest absolute Gasteiger partial charge is 0.326 e. The normalized spacial score (nSPS) is 23.6. The van der Waals surface area contributed by atoms with Gasteiger partial charge in [-0.05, 0) is 13.8 Å².